The maximum Gasteiger partial charge on any atom is 0.325 e. The van der Waals surface area contributed by atoms with Gasteiger partial charge in [-0.05, 0) is 32.0 Å². The number of hydrogen-bond acceptors (Lipinski definition) is 4. The fourth-order valence-electron chi connectivity index (χ4n) is 1.53. The SMILES string of the molecule is COC(=O)C(C)(C)NCc1cc(Br)ccc1OC. The molecule has 0 radical (unpaired) electrons. The van der Waals surface area contributed by atoms with E-state index in [0.29, 0.717) is 6.54 Å². The molecule has 0 heterocycles. The van der Waals surface area contributed by atoms with Gasteiger partial charge in [-0.2, -0.15) is 0 Å². The molecule has 1 N–H and O–H groups in total. The molecule has 1 aromatic carbocycles. The van der Waals surface area contributed by atoms with Crippen LogP contribution in [0.1, 0.15) is 19.4 Å². The van der Waals surface area contributed by atoms with Gasteiger partial charge in [-0.3, -0.25) is 10.1 Å². The molecular weight excluding hydrogens is 298 g/mol. The van der Waals surface area contributed by atoms with Gasteiger partial charge in [0.15, 0.2) is 0 Å². The highest BCUT2D eigenvalue weighted by Gasteiger charge is 2.28. The average molecular weight is 316 g/mol. The molecular formula is C13H18BrNO3. The molecule has 0 aromatic heterocycles. The van der Waals surface area contributed by atoms with Crippen LogP contribution in [0.3, 0.4) is 0 Å². The van der Waals surface area contributed by atoms with Gasteiger partial charge in [-0.1, -0.05) is 15.9 Å². The maximum absolute atomic E-state index is 11.6. The molecule has 0 fully saturated rings. The van der Waals surface area contributed by atoms with Gasteiger partial charge in [0.05, 0.1) is 14.2 Å². The number of methoxy groups -OCH3 is 2. The van der Waals surface area contributed by atoms with Crippen LogP contribution >= 0.6 is 15.9 Å². The van der Waals surface area contributed by atoms with E-state index in [-0.39, 0.29) is 5.97 Å². The molecule has 0 atom stereocenters. The lowest BCUT2D eigenvalue weighted by Crippen LogP contribution is -2.47. The molecule has 0 aliphatic heterocycles. The summed E-state index contributed by atoms with van der Waals surface area (Å²) in [5.74, 6) is 0.489. The van der Waals surface area contributed by atoms with Crippen molar-refractivity contribution in [1.82, 2.24) is 5.32 Å². The van der Waals surface area contributed by atoms with E-state index in [1.165, 1.54) is 7.11 Å². The molecule has 5 heteroatoms. The van der Waals surface area contributed by atoms with Crippen molar-refractivity contribution in [2.45, 2.75) is 25.9 Å². The largest absolute Gasteiger partial charge is 0.496 e. The Labute approximate surface area is 116 Å². The Morgan fingerprint density at radius 1 is 1.39 bits per heavy atom. The minimum Gasteiger partial charge on any atom is -0.496 e. The molecule has 0 amide bonds. The van der Waals surface area contributed by atoms with Crippen molar-refractivity contribution in [2.75, 3.05) is 14.2 Å². The Bertz CT molecular complexity index is 432. The number of carbonyl (C=O) groups excluding carboxylic acids is 1. The van der Waals surface area contributed by atoms with Crippen LogP contribution in [-0.4, -0.2) is 25.7 Å². The zero-order valence-corrected chi connectivity index (χ0v) is 12.6. The highest BCUT2D eigenvalue weighted by Crippen LogP contribution is 2.23. The van der Waals surface area contributed by atoms with Crippen molar-refractivity contribution in [1.29, 1.82) is 0 Å². The van der Waals surface area contributed by atoms with Crippen LogP contribution < -0.4 is 10.1 Å². The smallest absolute Gasteiger partial charge is 0.325 e. The molecule has 4 nitrogen and oxygen atoms in total. The second-order valence-corrected chi connectivity index (χ2v) is 5.34. The van der Waals surface area contributed by atoms with E-state index in [0.717, 1.165) is 15.8 Å². The van der Waals surface area contributed by atoms with Gasteiger partial charge in [-0.25, -0.2) is 0 Å². The van der Waals surface area contributed by atoms with Gasteiger partial charge in [-0.15, -0.1) is 0 Å². The summed E-state index contributed by atoms with van der Waals surface area (Å²) in [7, 11) is 3.00. The molecule has 0 saturated carbocycles. The third-order valence-corrected chi connectivity index (χ3v) is 3.15. The van der Waals surface area contributed by atoms with Crippen LogP contribution in [-0.2, 0) is 16.1 Å². The van der Waals surface area contributed by atoms with Crippen LogP contribution in [0.15, 0.2) is 22.7 Å². The summed E-state index contributed by atoms with van der Waals surface area (Å²) in [5.41, 5.74) is 0.242. The highest BCUT2D eigenvalue weighted by atomic mass is 79.9. The second kappa shape index (κ2) is 6.20. The third kappa shape index (κ3) is 3.71. The standard InChI is InChI=1S/C13H18BrNO3/c1-13(2,12(16)18-4)15-8-9-7-10(14)5-6-11(9)17-3/h5-7,15H,8H2,1-4H3. The van der Waals surface area contributed by atoms with Crippen LogP contribution in [0.2, 0.25) is 0 Å². The highest BCUT2D eigenvalue weighted by molar-refractivity contribution is 9.10. The summed E-state index contributed by atoms with van der Waals surface area (Å²) in [6, 6.07) is 5.75. The number of nitrogens with one attached hydrogen (secondary N) is 1. The molecule has 0 aliphatic rings. The van der Waals surface area contributed by atoms with Crippen LogP contribution in [0.5, 0.6) is 5.75 Å². The lowest BCUT2D eigenvalue weighted by atomic mass is 10.1. The zero-order chi connectivity index (χ0) is 13.8. The lowest BCUT2D eigenvalue weighted by Gasteiger charge is -2.23. The predicted octanol–water partition coefficient (Wildman–Crippen LogP) is 2.50. The van der Waals surface area contributed by atoms with Crippen molar-refractivity contribution in [3.05, 3.63) is 28.2 Å². The Morgan fingerprint density at radius 2 is 2.06 bits per heavy atom. The van der Waals surface area contributed by atoms with Crippen LogP contribution in [0.4, 0.5) is 0 Å². The quantitative estimate of drug-likeness (QED) is 0.848. The van der Waals surface area contributed by atoms with Crippen molar-refractivity contribution >= 4 is 21.9 Å². The van der Waals surface area contributed by atoms with Gasteiger partial charge in [0.1, 0.15) is 11.3 Å². The number of halogens is 1. The number of carbonyl (C=O) groups is 1. The van der Waals surface area contributed by atoms with E-state index in [2.05, 4.69) is 21.2 Å². The maximum atomic E-state index is 11.6. The van der Waals surface area contributed by atoms with E-state index in [4.69, 9.17) is 9.47 Å². The second-order valence-electron chi connectivity index (χ2n) is 4.43. The fraction of sp³-hybridized carbons (Fsp3) is 0.462. The molecule has 18 heavy (non-hydrogen) atoms. The first-order chi connectivity index (χ1) is 8.40. The van der Waals surface area contributed by atoms with Crippen LogP contribution in [0, 0.1) is 0 Å². The number of rotatable bonds is 5. The summed E-state index contributed by atoms with van der Waals surface area (Å²) in [6.45, 7) is 4.08. The molecule has 0 aliphatic carbocycles. The number of esters is 1. The van der Waals surface area contributed by atoms with Gasteiger partial charge in [0.2, 0.25) is 0 Å². The molecule has 0 unspecified atom stereocenters. The zero-order valence-electron chi connectivity index (χ0n) is 11.0. The fourth-order valence-corrected chi connectivity index (χ4v) is 1.94. The molecule has 0 saturated heterocycles. The summed E-state index contributed by atoms with van der Waals surface area (Å²) < 4.78 is 11.0. The molecule has 1 aromatic rings. The average Bonchev–Trinajstić information content (AvgIpc) is 2.35. The lowest BCUT2D eigenvalue weighted by molar-refractivity contribution is -0.147. The van der Waals surface area contributed by atoms with E-state index in [9.17, 15) is 4.79 Å². The Kier molecular flexibility index (Phi) is 5.16. The number of benzene rings is 1. The van der Waals surface area contributed by atoms with Crippen molar-refractivity contribution in [3.63, 3.8) is 0 Å². The van der Waals surface area contributed by atoms with Gasteiger partial charge in [0.25, 0.3) is 0 Å². The normalized spacial score (nSPS) is 11.2. The first-order valence-electron chi connectivity index (χ1n) is 5.56. The van der Waals surface area contributed by atoms with Gasteiger partial charge < -0.3 is 9.47 Å². The topological polar surface area (TPSA) is 47.6 Å². The molecule has 0 bridgehead atoms. The van der Waals surface area contributed by atoms with Crippen molar-refractivity contribution in [3.8, 4) is 5.75 Å². The van der Waals surface area contributed by atoms with E-state index < -0.39 is 5.54 Å². The third-order valence-electron chi connectivity index (χ3n) is 2.66. The number of hydrogen-bond donors (Lipinski definition) is 1. The Hall–Kier alpha value is -1.07. The van der Waals surface area contributed by atoms with Crippen molar-refractivity contribution < 1.29 is 14.3 Å². The summed E-state index contributed by atoms with van der Waals surface area (Å²) in [4.78, 5) is 11.6. The van der Waals surface area contributed by atoms with E-state index in [1.807, 2.05) is 18.2 Å². The predicted molar refractivity (Wildman–Crippen MR) is 73.6 cm³/mol. The molecule has 0 spiro atoms. The molecule has 100 valence electrons. The first kappa shape index (κ1) is 15.0. The summed E-state index contributed by atoms with van der Waals surface area (Å²) in [6.07, 6.45) is 0. The van der Waals surface area contributed by atoms with Gasteiger partial charge >= 0.3 is 5.97 Å². The summed E-state index contributed by atoms with van der Waals surface area (Å²) >= 11 is 3.41. The van der Waals surface area contributed by atoms with Crippen molar-refractivity contribution in [2.24, 2.45) is 0 Å². The van der Waals surface area contributed by atoms with E-state index >= 15 is 0 Å². The monoisotopic (exact) mass is 315 g/mol. The molecule has 1 rings (SSSR count). The Morgan fingerprint density at radius 3 is 2.61 bits per heavy atom. The minimum absolute atomic E-state index is 0.295. The van der Waals surface area contributed by atoms with E-state index in [1.54, 1.807) is 21.0 Å². The summed E-state index contributed by atoms with van der Waals surface area (Å²) in [5, 5.41) is 3.15. The minimum atomic E-state index is -0.734. The Balaban J connectivity index is 2.80. The van der Waals surface area contributed by atoms with Gasteiger partial charge in [0, 0.05) is 16.6 Å². The van der Waals surface area contributed by atoms with Crippen LogP contribution in [0.25, 0.3) is 0 Å². The first-order valence-corrected chi connectivity index (χ1v) is 6.36. The number of ether oxygens (including phenoxy) is 2.